The maximum Gasteiger partial charge on any atom is 0.276 e. The molecule has 2 aromatic rings. The Bertz CT molecular complexity index is 623. The van der Waals surface area contributed by atoms with E-state index in [9.17, 15) is 4.79 Å². The van der Waals surface area contributed by atoms with E-state index in [1.165, 1.54) is 7.05 Å². The highest BCUT2D eigenvalue weighted by molar-refractivity contribution is 6.05. The van der Waals surface area contributed by atoms with Gasteiger partial charge in [0, 0.05) is 24.0 Å². The number of nitrogens with two attached hydrogens (primary N) is 1. The smallest absolute Gasteiger partial charge is 0.276 e. The molecule has 0 saturated carbocycles. The van der Waals surface area contributed by atoms with Gasteiger partial charge in [-0.2, -0.15) is 0 Å². The number of H-pyrrole nitrogens is 1. The number of nitrogens with zero attached hydrogens (tertiary/aromatic N) is 1. The predicted octanol–water partition coefficient (Wildman–Crippen LogP) is 1.56. The first-order valence-corrected chi connectivity index (χ1v) is 5.31. The molecule has 7 heteroatoms. The lowest BCUT2D eigenvalue weighted by Crippen LogP contribution is -2.38. The van der Waals surface area contributed by atoms with Crippen LogP contribution in [0.2, 0.25) is 0 Å². The Balaban J connectivity index is 0.00000180. The number of fused-ring (bicyclic) bond motifs is 1. The van der Waals surface area contributed by atoms with Gasteiger partial charge in [0.25, 0.3) is 5.91 Å². The van der Waals surface area contributed by atoms with E-state index in [1.54, 1.807) is 19.2 Å². The molecule has 0 bridgehead atoms. The van der Waals surface area contributed by atoms with Crippen molar-refractivity contribution in [3.63, 3.8) is 0 Å². The van der Waals surface area contributed by atoms with Crippen molar-refractivity contribution >= 4 is 35.2 Å². The summed E-state index contributed by atoms with van der Waals surface area (Å²) in [5.74, 6) is 0.0668. The Labute approximate surface area is 116 Å². The second-order valence-electron chi connectivity index (χ2n) is 3.89. The van der Waals surface area contributed by atoms with Crippen LogP contribution in [0.15, 0.2) is 24.3 Å². The van der Waals surface area contributed by atoms with Crippen molar-refractivity contribution < 1.29 is 9.53 Å². The summed E-state index contributed by atoms with van der Waals surface area (Å²) in [6.07, 6.45) is 0. The lowest BCUT2D eigenvalue weighted by molar-refractivity contribution is 0.0864. The first-order chi connectivity index (χ1) is 8.52. The molecule has 4 N–H and O–H groups in total. The number of guanidine groups is 1. The average molecular weight is 283 g/mol. The van der Waals surface area contributed by atoms with E-state index in [4.69, 9.17) is 15.9 Å². The Hall–Kier alpha value is -2.21. The first kappa shape index (κ1) is 14.8. The quantitative estimate of drug-likeness (QED) is 0.576. The van der Waals surface area contributed by atoms with E-state index in [0.717, 1.165) is 15.8 Å². The Morgan fingerprint density at radius 2 is 2.11 bits per heavy atom. The Kier molecular flexibility index (Phi) is 4.39. The van der Waals surface area contributed by atoms with Crippen molar-refractivity contribution in [3.05, 3.63) is 30.0 Å². The molecule has 1 aromatic heterocycles. The third kappa shape index (κ3) is 2.79. The van der Waals surface area contributed by atoms with Crippen LogP contribution >= 0.6 is 12.4 Å². The largest absolute Gasteiger partial charge is 0.497 e. The fourth-order valence-corrected chi connectivity index (χ4v) is 1.64. The molecule has 0 atom stereocenters. The van der Waals surface area contributed by atoms with Gasteiger partial charge in [0.1, 0.15) is 11.4 Å². The van der Waals surface area contributed by atoms with Crippen LogP contribution in [0.5, 0.6) is 5.75 Å². The molecule has 2 rings (SSSR count). The molecule has 0 unspecified atom stereocenters. The van der Waals surface area contributed by atoms with E-state index in [0.29, 0.717) is 11.4 Å². The van der Waals surface area contributed by atoms with Gasteiger partial charge in [-0.05, 0) is 18.2 Å². The summed E-state index contributed by atoms with van der Waals surface area (Å²) in [5, 5.41) is 8.13. The van der Waals surface area contributed by atoms with Crippen LogP contribution in [0.25, 0.3) is 10.9 Å². The SMILES string of the molecule is COc1ccc2cc(C(=O)N(C)C(=N)N)[nH]c2c1.Cl. The van der Waals surface area contributed by atoms with Crippen molar-refractivity contribution in [3.8, 4) is 5.75 Å². The van der Waals surface area contributed by atoms with Crippen LogP contribution in [-0.4, -0.2) is 35.9 Å². The lowest BCUT2D eigenvalue weighted by atomic mass is 10.2. The molecule has 0 spiro atoms. The fourth-order valence-electron chi connectivity index (χ4n) is 1.64. The number of hydrogen-bond donors (Lipinski definition) is 3. The van der Waals surface area contributed by atoms with Gasteiger partial charge in [-0.3, -0.25) is 15.1 Å². The summed E-state index contributed by atoms with van der Waals surface area (Å²) in [4.78, 5) is 16.0. The molecule has 1 heterocycles. The number of amides is 1. The number of aromatic nitrogens is 1. The molecule has 102 valence electrons. The van der Waals surface area contributed by atoms with Crippen molar-refractivity contribution in [2.24, 2.45) is 5.73 Å². The zero-order valence-electron chi connectivity index (χ0n) is 10.6. The number of carbonyl (C=O) groups excluding carboxylic acids is 1. The zero-order chi connectivity index (χ0) is 13.3. The van der Waals surface area contributed by atoms with Gasteiger partial charge in [0.2, 0.25) is 0 Å². The molecule has 0 fully saturated rings. The number of methoxy groups -OCH3 is 1. The van der Waals surface area contributed by atoms with Gasteiger partial charge in [-0.1, -0.05) is 0 Å². The summed E-state index contributed by atoms with van der Waals surface area (Å²) < 4.78 is 5.11. The Morgan fingerprint density at radius 1 is 1.42 bits per heavy atom. The number of halogens is 1. The van der Waals surface area contributed by atoms with Crippen molar-refractivity contribution in [2.75, 3.05) is 14.2 Å². The number of hydrogen-bond acceptors (Lipinski definition) is 3. The van der Waals surface area contributed by atoms with Gasteiger partial charge in [0.15, 0.2) is 5.96 Å². The van der Waals surface area contributed by atoms with E-state index in [2.05, 4.69) is 4.98 Å². The molecular formula is C12H15ClN4O2. The number of aromatic amines is 1. The van der Waals surface area contributed by atoms with Crippen LogP contribution in [0, 0.1) is 5.41 Å². The average Bonchev–Trinajstić information content (AvgIpc) is 2.79. The van der Waals surface area contributed by atoms with Crippen molar-refractivity contribution in [1.82, 2.24) is 9.88 Å². The topological polar surface area (TPSA) is 95.2 Å². The number of ether oxygens (including phenoxy) is 1. The third-order valence-corrected chi connectivity index (χ3v) is 2.73. The molecule has 0 saturated heterocycles. The van der Waals surface area contributed by atoms with E-state index >= 15 is 0 Å². The maximum absolute atomic E-state index is 12.0. The van der Waals surface area contributed by atoms with Crippen molar-refractivity contribution in [2.45, 2.75) is 0 Å². The monoisotopic (exact) mass is 282 g/mol. The first-order valence-electron chi connectivity index (χ1n) is 5.31. The van der Waals surface area contributed by atoms with E-state index < -0.39 is 0 Å². The van der Waals surface area contributed by atoms with Gasteiger partial charge in [0.05, 0.1) is 7.11 Å². The van der Waals surface area contributed by atoms with Gasteiger partial charge in [-0.15, -0.1) is 12.4 Å². The molecule has 1 amide bonds. The van der Waals surface area contributed by atoms with Crippen molar-refractivity contribution in [1.29, 1.82) is 5.41 Å². The van der Waals surface area contributed by atoms with Crippen LogP contribution in [0.3, 0.4) is 0 Å². The normalized spacial score (nSPS) is 9.79. The second-order valence-corrected chi connectivity index (χ2v) is 3.89. The molecule has 0 aliphatic carbocycles. The van der Waals surface area contributed by atoms with Gasteiger partial charge in [-0.25, -0.2) is 0 Å². The third-order valence-electron chi connectivity index (χ3n) is 2.73. The summed E-state index contributed by atoms with van der Waals surface area (Å²) >= 11 is 0. The maximum atomic E-state index is 12.0. The van der Waals surface area contributed by atoms with Crippen LogP contribution in [-0.2, 0) is 0 Å². The molecular weight excluding hydrogens is 268 g/mol. The van der Waals surface area contributed by atoms with E-state index in [-0.39, 0.29) is 24.3 Å². The fraction of sp³-hybridized carbons (Fsp3) is 0.167. The summed E-state index contributed by atoms with van der Waals surface area (Å²) in [6.45, 7) is 0. The van der Waals surface area contributed by atoms with Gasteiger partial charge < -0.3 is 15.5 Å². The minimum atomic E-state index is -0.349. The number of carbonyl (C=O) groups is 1. The second kappa shape index (κ2) is 5.62. The lowest BCUT2D eigenvalue weighted by Gasteiger charge is -2.12. The summed E-state index contributed by atoms with van der Waals surface area (Å²) in [7, 11) is 3.04. The highest BCUT2D eigenvalue weighted by Crippen LogP contribution is 2.21. The minimum absolute atomic E-state index is 0. The van der Waals surface area contributed by atoms with Crippen LogP contribution in [0.1, 0.15) is 10.5 Å². The number of nitrogens with one attached hydrogen (secondary N) is 2. The highest BCUT2D eigenvalue weighted by Gasteiger charge is 2.16. The number of benzene rings is 1. The van der Waals surface area contributed by atoms with E-state index in [1.807, 2.05) is 12.1 Å². The predicted molar refractivity (Wildman–Crippen MR) is 76.1 cm³/mol. The van der Waals surface area contributed by atoms with Crippen LogP contribution in [0.4, 0.5) is 0 Å². The minimum Gasteiger partial charge on any atom is -0.497 e. The van der Waals surface area contributed by atoms with Gasteiger partial charge >= 0.3 is 0 Å². The standard InChI is InChI=1S/C12H14N4O2.ClH/c1-16(12(13)14)11(17)10-5-7-3-4-8(18-2)6-9(7)15-10;/h3-6,15H,1-2H3,(H3,13,14);1H. The highest BCUT2D eigenvalue weighted by atomic mass is 35.5. The Morgan fingerprint density at radius 3 is 2.68 bits per heavy atom. The van der Waals surface area contributed by atoms with Crippen LogP contribution < -0.4 is 10.5 Å². The zero-order valence-corrected chi connectivity index (χ0v) is 11.4. The molecule has 6 nitrogen and oxygen atoms in total. The molecule has 1 aromatic carbocycles. The molecule has 0 aliphatic rings. The number of rotatable bonds is 2. The summed E-state index contributed by atoms with van der Waals surface area (Å²) in [6, 6.07) is 7.20. The molecule has 19 heavy (non-hydrogen) atoms. The molecule has 0 radical (unpaired) electrons. The summed E-state index contributed by atoms with van der Waals surface area (Å²) in [5.41, 5.74) is 6.45. The molecule has 0 aliphatic heterocycles.